The minimum Gasteiger partial charge on any atom is -0.508 e. The van der Waals surface area contributed by atoms with E-state index in [1.807, 2.05) is 0 Å². The minimum absolute atomic E-state index is 0.0287. The Morgan fingerprint density at radius 2 is 2.20 bits per heavy atom. The van der Waals surface area contributed by atoms with Gasteiger partial charge in [0, 0.05) is 6.08 Å². The molecule has 0 saturated carbocycles. The van der Waals surface area contributed by atoms with Gasteiger partial charge in [0.25, 0.3) is 0 Å². The average Bonchev–Trinajstić information content (AvgIpc) is 1.82. The molecule has 0 spiro atoms. The molecule has 1 rings (SSSR count). The van der Waals surface area contributed by atoms with Gasteiger partial charge in [-0.3, -0.25) is 0 Å². The Bertz CT molecular complexity index is 229. The van der Waals surface area contributed by atoms with Gasteiger partial charge in [-0.05, 0) is 6.08 Å². The molecule has 1 aliphatic rings. The van der Waals surface area contributed by atoms with Crippen molar-refractivity contribution in [3.63, 3.8) is 0 Å². The lowest BCUT2D eigenvalue weighted by atomic mass is 10.0. The van der Waals surface area contributed by atoms with E-state index in [9.17, 15) is 0 Å². The van der Waals surface area contributed by atoms with Gasteiger partial charge in [-0.1, -0.05) is 0 Å². The Kier molecular flexibility index (Phi) is 1.47. The molecule has 0 aromatic rings. The molecule has 10 heavy (non-hydrogen) atoms. The van der Waals surface area contributed by atoms with E-state index in [0.29, 0.717) is 0 Å². The second-order valence-electron chi connectivity index (χ2n) is 2.13. The Balaban J connectivity index is 2.95. The SMILES string of the molecule is N=C1C(N)=CC(O)=CC1N. The highest BCUT2D eigenvalue weighted by Crippen LogP contribution is 2.06. The van der Waals surface area contributed by atoms with E-state index in [0.717, 1.165) is 0 Å². The zero-order chi connectivity index (χ0) is 7.72. The van der Waals surface area contributed by atoms with Crippen molar-refractivity contribution >= 4 is 5.71 Å². The van der Waals surface area contributed by atoms with E-state index in [-0.39, 0.29) is 17.2 Å². The minimum atomic E-state index is -0.565. The first kappa shape index (κ1) is 6.82. The first-order valence-corrected chi connectivity index (χ1v) is 2.83. The van der Waals surface area contributed by atoms with Crippen LogP contribution in [0.25, 0.3) is 0 Å². The number of rotatable bonds is 0. The van der Waals surface area contributed by atoms with Crippen molar-refractivity contribution in [3.8, 4) is 0 Å². The molecule has 0 aromatic carbocycles. The molecule has 1 aliphatic carbocycles. The predicted molar refractivity (Wildman–Crippen MR) is 38.7 cm³/mol. The zero-order valence-electron chi connectivity index (χ0n) is 5.33. The summed E-state index contributed by atoms with van der Waals surface area (Å²) in [5.74, 6) is 0.0287. The highest BCUT2D eigenvalue weighted by Gasteiger charge is 2.14. The first-order valence-electron chi connectivity index (χ1n) is 2.83. The van der Waals surface area contributed by atoms with Crippen LogP contribution in [0.15, 0.2) is 23.6 Å². The molecular weight excluding hydrogens is 130 g/mol. The van der Waals surface area contributed by atoms with Gasteiger partial charge in [0.2, 0.25) is 0 Å². The summed E-state index contributed by atoms with van der Waals surface area (Å²) < 4.78 is 0. The van der Waals surface area contributed by atoms with E-state index in [4.69, 9.17) is 22.0 Å². The summed E-state index contributed by atoms with van der Waals surface area (Å²) >= 11 is 0. The fourth-order valence-corrected chi connectivity index (χ4v) is 0.745. The highest BCUT2D eigenvalue weighted by molar-refractivity contribution is 6.03. The second kappa shape index (κ2) is 2.15. The van der Waals surface area contributed by atoms with E-state index >= 15 is 0 Å². The quantitative estimate of drug-likeness (QED) is 0.368. The maximum Gasteiger partial charge on any atom is 0.115 e. The van der Waals surface area contributed by atoms with Crippen molar-refractivity contribution in [1.82, 2.24) is 0 Å². The second-order valence-corrected chi connectivity index (χ2v) is 2.13. The van der Waals surface area contributed by atoms with E-state index in [1.165, 1.54) is 12.2 Å². The zero-order valence-corrected chi connectivity index (χ0v) is 5.33. The smallest absolute Gasteiger partial charge is 0.115 e. The predicted octanol–water partition coefficient (Wildman–Crippen LogP) is -0.368. The average molecular weight is 139 g/mol. The molecule has 6 N–H and O–H groups in total. The number of nitrogens with two attached hydrogens (primary N) is 2. The number of hydrogen-bond acceptors (Lipinski definition) is 4. The Morgan fingerprint density at radius 3 is 2.70 bits per heavy atom. The summed E-state index contributed by atoms with van der Waals surface area (Å²) in [5.41, 5.74) is 11.1. The molecule has 4 nitrogen and oxygen atoms in total. The molecule has 0 saturated heterocycles. The van der Waals surface area contributed by atoms with Gasteiger partial charge in [-0.25, -0.2) is 0 Å². The topological polar surface area (TPSA) is 96.1 Å². The fraction of sp³-hybridized carbons (Fsp3) is 0.167. The van der Waals surface area contributed by atoms with E-state index in [1.54, 1.807) is 0 Å². The van der Waals surface area contributed by atoms with Crippen LogP contribution in [-0.4, -0.2) is 16.9 Å². The summed E-state index contributed by atoms with van der Waals surface area (Å²) in [6, 6.07) is -0.565. The normalized spacial score (nSPS) is 25.7. The molecule has 1 atom stereocenters. The van der Waals surface area contributed by atoms with Gasteiger partial charge in [-0.15, -0.1) is 0 Å². The summed E-state index contributed by atoms with van der Waals surface area (Å²) in [7, 11) is 0. The number of aliphatic hydroxyl groups is 1. The molecule has 0 bridgehead atoms. The lowest BCUT2D eigenvalue weighted by molar-refractivity contribution is 0.427. The first-order chi connectivity index (χ1) is 4.61. The van der Waals surface area contributed by atoms with Gasteiger partial charge in [0.15, 0.2) is 0 Å². The summed E-state index contributed by atoms with van der Waals surface area (Å²) in [6.45, 7) is 0. The van der Waals surface area contributed by atoms with Crippen molar-refractivity contribution in [1.29, 1.82) is 5.41 Å². The van der Waals surface area contributed by atoms with Crippen LogP contribution in [0, 0.1) is 5.41 Å². The van der Waals surface area contributed by atoms with Gasteiger partial charge in [0.05, 0.1) is 17.5 Å². The third-order valence-corrected chi connectivity index (χ3v) is 1.30. The van der Waals surface area contributed by atoms with Crippen molar-refractivity contribution < 1.29 is 5.11 Å². The summed E-state index contributed by atoms with van der Waals surface area (Å²) in [6.07, 6.45) is 2.68. The number of nitrogens with one attached hydrogen (secondary N) is 1. The van der Waals surface area contributed by atoms with Crippen LogP contribution in [0.5, 0.6) is 0 Å². The van der Waals surface area contributed by atoms with Gasteiger partial charge >= 0.3 is 0 Å². The third-order valence-electron chi connectivity index (χ3n) is 1.30. The van der Waals surface area contributed by atoms with Gasteiger partial charge in [0.1, 0.15) is 5.76 Å². The van der Waals surface area contributed by atoms with Gasteiger partial charge < -0.3 is 22.0 Å². The van der Waals surface area contributed by atoms with Crippen LogP contribution in [0.1, 0.15) is 0 Å². The van der Waals surface area contributed by atoms with Crippen molar-refractivity contribution in [2.24, 2.45) is 11.5 Å². The maximum atomic E-state index is 8.90. The summed E-state index contributed by atoms with van der Waals surface area (Å²) in [4.78, 5) is 0. The van der Waals surface area contributed by atoms with Crippen LogP contribution < -0.4 is 11.5 Å². The molecular formula is C6H9N3O. The maximum absolute atomic E-state index is 8.90. The molecule has 0 aromatic heterocycles. The monoisotopic (exact) mass is 139 g/mol. The Morgan fingerprint density at radius 1 is 1.60 bits per heavy atom. The lowest BCUT2D eigenvalue weighted by Gasteiger charge is -2.13. The molecule has 1 unspecified atom stereocenters. The highest BCUT2D eigenvalue weighted by atomic mass is 16.3. The van der Waals surface area contributed by atoms with Crippen molar-refractivity contribution in [2.75, 3.05) is 0 Å². The molecule has 4 heteroatoms. The Labute approximate surface area is 58.3 Å². The van der Waals surface area contributed by atoms with Crippen molar-refractivity contribution in [3.05, 3.63) is 23.6 Å². The third kappa shape index (κ3) is 1.01. The molecule has 0 heterocycles. The van der Waals surface area contributed by atoms with E-state index < -0.39 is 6.04 Å². The van der Waals surface area contributed by atoms with Crippen molar-refractivity contribution in [2.45, 2.75) is 6.04 Å². The van der Waals surface area contributed by atoms with Gasteiger partial charge in [-0.2, -0.15) is 0 Å². The molecule has 0 amide bonds. The van der Waals surface area contributed by atoms with Crippen LogP contribution >= 0.6 is 0 Å². The molecule has 0 radical (unpaired) electrons. The van der Waals surface area contributed by atoms with Crippen LogP contribution in [0.3, 0.4) is 0 Å². The lowest BCUT2D eigenvalue weighted by Crippen LogP contribution is -2.34. The number of aliphatic hydroxyl groups excluding tert-OH is 1. The molecule has 54 valence electrons. The molecule has 0 fully saturated rings. The standard InChI is InChI=1S/C6H9N3O/c7-4-1-3(10)2-5(8)6(4)9/h1-2,4,9-10H,7-8H2. The number of hydrogen-bond donors (Lipinski definition) is 4. The molecule has 0 aliphatic heterocycles. The fourth-order valence-electron chi connectivity index (χ4n) is 0.745. The Hall–Kier alpha value is -1.29. The van der Waals surface area contributed by atoms with E-state index in [2.05, 4.69) is 0 Å². The van der Waals surface area contributed by atoms with Crippen LogP contribution in [-0.2, 0) is 0 Å². The van der Waals surface area contributed by atoms with Crippen LogP contribution in [0.2, 0.25) is 0 Å². The van der Waals surface area contributed by atoms with Crippen LogP contribution in [0.4, 0.5) is 0 Å². The largest absolute Gasteiger partial charge is 0.508 e. The number of allylic oxidation sites excluding steroid dienone is 1. The summed E-state index contributed by atoms with van der Waals surface area (Å²) in [5, 5.41) is 16.1.